The third-order valence-electron chi connectivity index (χ3n) is 3.83. The van der Waals surface area contributed by atoms with E-state index in [1.54, 1.807) is 17.0 Å². The Labute approximate surface area is 118 Å². The number of piperazine rings is 1. The average Bonchev–Trinajstić information content (AvgIpc) is 2.43. The lowest BCUT2D eigenvalue weighted by atomic mass is 10.1. The number of aromatic nitrogens is 1. The number of hydrogen-bond donors (Lipinski definition) is 1. The van der Waals surface area contributed by atoms with Crippen molar-refractivity contribution in [2.75, 3.05) is 20.1 Å². The van der Waals surface area contributed by atoms with Gasteiger partial charge in [-0.15, -0.1) is 0 Å². The fourth-order valence-corrected chi connectivity index (χ4v) is 2.41. The highest BCUT2D eigenvalue weighted by molar-refractivity contribution is 5.94. The van der Waals surface area contributed by atoms with Gasteiger partial charge in [-0.1, -0.05) is 6.07 Å². The molecule has 108 valence electrons. The quantitative estimate of drug-likeness (QED) is 0.871. The van der Waals surface area contributed by atoms with Gasteiger partial charge in [0.15, 0.2) is 0 Å². The molecule has 1 aromatic heterocycles. The fraction of sp³-hybridized carbons (Fsp3) is 0.500. The van der Waals surface area contributed by atoms with Gasteiger partial charge in [0.2, 0.25) is 0 Å². The molecule has 2 unspecified atom stereocenters. The van der Waals surface area contributed by atoms with Crippen molar-refractivity contribution in [3.63, 3.8) is 0 Å². The van der Waals surface area contributed by atoms with E-state index in [1.165, 1.54) is 6.07 Å². The van der Waals surface area contributed by atoms with E-state index in [0.29, 0.717) is 13.1 Å². The summed E-state index contributed by atoms with van der Waals surface area (Å²) >= 11 is 0. The van der Waals surface area contributed by atoms with E-state index in [1.807, 2.05) is 7.05 Å². The smallest absolute Gasteiger partial charge is 0.354 e. The predicted octanol–water partition coefficient (Wildman–Crippen LogP) is 0.944. The Kier molecular flexibility index (Phi) is 4.04. The van der Waals surface area contributed by atoms with Crippen LogP contribution in [0, 0.1) is 0 Å². The summed E-state index contributed by atoms with van der Waals surface area (Å²) in [7, 11) is 2.04. The van der Waals surface area contributed by atoms with Crippen LogP contribution in [0.25, 0.3) is 0 Å². The highest BCUT2D eigenvalue weighted by atomic mass is 16.4. The van der Waals surface area contributed by atoms with E-state index in [-0.39, 0.29) is 29.4 Å². The fourth-order valence-electron chi connectivity index (χ4n) is 2.41. The number of carboxylic acids is 1. The molecule has 1 saturated heterocycles. The maximum atomic E-state index is 12.4. The molecular formula is C14H19N3O3. The maximum Gasteiger partial charge on any atom is 0.354 e. The molecule has 0 aromatic carbocycles. The molecule has 0 aliphatic carbocycles. The normalized spacial score (nSPS) is 23.6. The van der Waals surface area contributed by atoms with Crippen molar-refractivity contribution in [1.82, 2.24) is 14.8 Å². The monoisotopic (exact) mass is 277 g/mol. The number of rotatable bonds is 2. The van der Waals surface area contributed by atoms with Gasteiger partial charge < -0.3 is 10.0 Å². The van der Waals surface area contributed by atoms with Crippen LogP contribution in [0.1, 0.15) is 34.8 Å². The topological polar surface area (TPSA) is 73.7 Å². The van der Waals surface area contributed by atoms with Gasteiger partial charge in [-0.2, -0.15) is 0 Å². The Morgan fingerprint density at radius 2 is 1.75 bits per heavy atom. The molecule has 1 aliphatic rings. The highest BCUT2D eigenvalue weighted by Crippen LogP contribution is 2.15. The Bertz CT molecular complexity index is 520. The zero-order chi connectivity index (χ0) is 14.9. The highest BCUT2D eigenvalue weighted by Gasteiger charge is 2.30. The number of hydrogen-bond acceptors (Lipinski definition) is 4. The Morgan fingerprint density at radius 3 is 2.30 bits per heavy atom. The molecule has 0 spiro atoms. The van der Waals surface area contributed by atoms with Crippen LogP contribution in [-0.2, 0) is 0 Å². The summed E-state index contributed by atoms with van der Waals surface area (Å²) in [6.45, 7) is 5.38. The van der Waals surface area contributed by atoms with E-state index in [9.17, 15) is 9.59 Å². The average molecular weight is 277 g/mol. The molecule has 1 fully saturated rings. The number of carbonyl (C=O) groups is 2. The molecule has 2 heterocycles. The maximum absolute atomic E-state index is 12.4. The minimum Gasteiger partial charge on any atom is -0.477 e. The Hall–Kier alpha value is -1.95. The third-order valence-corrected chi connectivity index (χ3v) is 3.83. The van der Waals surface area contributed by atoms with Gasteiger partial charge in [0.05, 0.1) is 0 Å². The van der Waals surface area contributed by atoms with Gasteiger partial charge in [0.1, 0.15) is 11.4 Å². The molecular weight excluding hydrogens is 258 g/mol. The summed E-state index contributed by atoms with van der Waals surface area (Å²) in [5.41, 5.74) is 0.0833. The van der Waals surface area contributed by atoms with E-state index in [0.717, 1.165) is 0 Å². The SMILES string of the molecule is CC1CN(C(=O)c2cccc(C(=O)O)n2)CC(C)N1C. The Morgan fingerprint density at radius 1 is 1.20 bits per heavy atom. The van der Waals surface area contributed by atoms with Crippen LogP contribution in [0.2, 0.25) is 0 Å². The molecule has 1 amide bonds. The largest absolute Gasteiger partial charge is 0.477 e. The van der Waals surface area contributed by atoms with E-state index < -0.39 is 5.97 Å². The molecule has 0 bridgehead atoms. The number of aromatic carboxylic acids is 1. The summed E-state index contributed by atoms with van der Waals surface area (Å²) in [4.78, 5) is 31.2. The molecule has 2 rings (SSSR count). The minimum absolute atomic E-state index is 0.105. The summed E-state index contributed by atoms with van der Waals surface area (Å²) in [6.07, 6.45) is 0. The van der Waals surface area contributed by atoms with Crippen LogP contribution in [0.3, 0.4) is 0 Å². The molecule has 6 heteroatoms. The molecule has 1 aliphatic heterocycles. The summed E-state index contributed by atoms with van der Waals surface area (Å²) in [5, 5.41) is 8.93. The first-order valence-electron chi connectivity index (χ1n) is 6.61. The summed E-state index contributed by atoms with van der Waals surface area (Å²) in [6, 6.07) is 5.03. The zero-order valence-corrected chi connectivity index (χ0v) is 11.9. The number of carboxylic acid groups (broad SMARTS) is 1. The molecule has 1 aromatic rings. The van der Waals surface area contributed by atoms with Crippen LogP contribution < -0.4 is 0 Å². The van der Waals surface area contributed by atoms with Crippen molar-refractivity contribution in [3.8, 4) is 0 Å². The first-order valence-corrected chi connectivity index (χ1v) is 6.61. The van der Waals surface area contributed by atoms with E-state index in [2.05, 4.69) is 23.7 Å². The lowest BCUT2D eigenvalue weighted by molar-refractivity contribution is 0.0409. The van der Waals surface area contributed by atoms with Crippen LogP contribution in [0.5, 0.6) is 0 Å². The van der Waals surface area contributed by atoms with Gasteiger partial charge in [-0.05, 0) is 33.0 Å². The van der Waals surface area contributed by atoms with Crippen LogP contribution in [0.15, 0.2) is 18.2 Å². The van der Waals surface area contributed by atoms with Crippen molar-refractivity contribution >= 4 is 11.9 Å². The number of carbonyl (C=O) groups excluding carboxylic acids is 1. The lowest BCUT2D eigenvalue weighted by Gasteiger charge is -2.42. The first-order chi connectivity index (χ1) is 9.40. The van der Waals surface area contributed by atoms with Crippen molar-refractivity contribution in [2.24, 2.45) is 0 Å². The zero-order valence-electron chi connectivity index (χ0n) is 11.9. The van der Waals surface area contributed by atoms with E-state index in [4.69, 9.17) is 5.11 Å². The molecule has 0 radical (unpaired) electrons. The number of amides is 1. The molecule has 1 N–H and O–H groups in total. The van der Waals surface area contributed by atoms with Crippen molar-refractivity contribution in [2.45, 2.75) is 25.9 Å². The minimum atomic E-state index is -1.13. The van der Waals surface area contributed by atoms with Crippen molar-refractivity contribution in [3.05, 3.63) is 29.6 Å². The summed E-state index contributed by atoms with van der Waals surface area (Å²) < 4.78 is 0. The second-order valence-corrected chi connectivity index (χ2v) is 5.29. The second-order valence-electron chi connectivity index (χ2n) is 5.29. The third kappa shape index (κ3) is 2.80. The Balaban J connectivity index is 2.19. The van der Waals surface area contributed by atoms with Crippen molar-refractivity contribution < 1.29 is 14.7 Å². The van der Waals surface area contributed by atoms with Crippen LogP contribution in [0.4, 0.5) is 0 Å². The van der Waals surface area contributed by atoms with Crippen LogP contribution in [-0.4, -0.2) is 64.0 Å². The number of nitrogens with zero attached hydrogens (tertiary/aromatic N) is 3. The van der Waals surface area contributed by atoms with Crippen molar-refractivity contribution in [1.29, 1.82) is 0 Å². The molecule has 0 saturated carbocycles. The first kappa shape index (κ1) is 14.5. The predicted molar refractivity (Wildman–Crippen MR) is 73.8 cm³/mol. The van der Waals surface area contributed by atoms with Gasteiger partial charge >= 0.3 is 5.97 Å². The molecule has 2 atom stereocenters. The van der Waals surface area contributed by atoms with Gasteiger partial charge in [0.25, 0.3) is 5.91 Å². The lowest BCUT2D eigenvalue weighted by Crippen LogP contribution is -2.56. The standard InChI is InChI=1S/C14H19N3O3/c1-9-7-17(8-10(2)16(9)3)13(18)11-5-4-6-12(15-11)14(19)20/h4-6,9-10H,7-8H2,1-3H3,(H,19,20). The van der Waals surface area contributed by atoms with Crippen LogP contribution >= 0.6 is 0 Å². The van der Waals surface area contributed by atoms with Gasteiger partial charge in [-0.3, -0.25) is 9.69 Å². The second kappa shape index (κ2) is 5.58. The number of pyridine rings is 1. The van der Waals surface area contributed by atoms with Gasteiger partial charge in [0, 0.05) is 25.2 Å². The molecule has 6 nitrogen and oxygen atoms in total. The molecule has 20 heavy (non-hydrogen) atoms. The summed E-state index contributed by atoms with van der Waals surface area (Å²) in [5.74, 6) is -1.33. The van der Waals surface area contributed by atoms with E-state index >= 15 is 0 Å². The van der Waals surface area contributed by atoms with Gasteiger partial charge in [-0.25, -0.2) is 9.78 Å². The number of likely N-dealkylation sites (N-methyl/N-ethyl adjacent to an activating group) is 1.